The SMILES string of the molecule is O=C(CC1CCC(c2ccc(CS(=O)[O-])cc2)CC1)Nc1ccc(Cl)cc1. The molecule has 0 saturated heterocycles. The lowest BCUT2D eigenvalue weighted by Crippen LogP contribution is -2.20. The maximum atomic E-state index is 12.2. The Morgan fingerprint density at radius 3 is 2.26 bits per heavy atom. The Morgan fingerprint density at radius 2 is 1.67 bits per heavy atom. The van der Waals surface area contributed by atoms with Crippen LogP contribution in [0.1, 0.15) is 49.1 Å². The molecule has 1 unspecified atom stereocenters. The van der Waals surface area contributed by atoms with E-state index in [1.165, 1.54) is 5.56 Å². The summed E-state index contributed by atoms with van der Waals surface area (Å²) in [4.78, 5) is 12.2. The molecule has 4 nitrogen and oxygen atoms in total. The third kappa shape index (κ3) is 6.16. The topological polar surface area (TPSA) is 69.2 Å². The lowest BCUT2D eigenvalue weighted by Gasteiger charge is -2.28. The van der Waals surface area contributed by atoms with Gasteiger partial charge in [-0.3, -0.25) is 9.00 Å². The second-order valence-corrected chi connectivity index (χ2v) is 8.50. The molecule has 144 valence electrons. The van der Waals surface area contributed by atoms with Crippen LogP contribution in [0.5, 0.6) is 0 Å². The van der Waals surface area contributed by atoms with Gasteiger partial charge in [0.2, 0.25) is 5.91 Å². The van der Waals surface area contributed by atoms with E-state index in [-0.39, 0.29) is 11.7 Å². The molecule has 0 bridgehead atoms. The third-order valence-electron chi connectivity index (χ3n) is 5.18. The Morgan fingerprint density at radius 1 is 1.04 bits per heavy atom. The molecule has 1 aliphatic carbocycles. The van der Waals surface area contributed by atoms with E-state index in [1.54, 1.807) is 12.1 Å². The molecule has 27 heavy (non-hydrogen) atoms. The molecule has 0 aliphatic heterocycles. The van der Waals surface area contributed by atoms with Gasteiger partial charge in [0.1, 0.15) is 0 Å². The summed E-state index contributed by atoms with van der Waals surface area (Å²) in [5.74, 6) is 1.02. The summed E-state index contributed by atoms with van der Waals surface area (Å²) in [5, 5.41) is 3.59. The highest BCUT2D eigenvalue weighted by molar-refractivity contribution is 7.78. The number of hydrogen-bond donors (Lipinski definition) is 1. The number of rotatable bonds is 6. The first kappa shape index (κ1) is 20.1. The van der Waals surface area contributed by atoms with Crippen molar-refractivity contribution in [3.05, 3.63) is 64.7 Å². The fourth-order valence-corrected chi connectivity index (χ4v) is 4.32. The Labute approximate surface area is 167 Å². The molecule has 2 aromatic rings. The van der Waals surface area contributed by atoms with Crippen LogP contribution in [-0.4, -0.2) is 14.7 Å². The van der Waals surface area contributed by atoms with Crippen molar-refractivity contribution in [3.63, 3.8) is 0 Å². The Balaban J connectivity index is 1.46. The summed E-state index contributed by atoms with van der Waals surface area (Å²) in [5.41, 5.74) is 2.86. The van der Waals surface area contributed by atoms with Crippen molar-refractivity contribution in [1.82, 2.24) is 0 Å². The summed E-state index contributed by atoms with van der Waals surface area (Å²) >= 11 is 3.81. The molecule has 1 N–H and O–H groups in total. The van der Waals surface area contributed by atoms with Gasteiger partial charge in [-0.1, -0.05) is 46.9 Å². The van der Waals surface area contributed by atoms with Crippen molar-refractivity contribution in [2.75, 3.05) is 5.32 Å². The second kappa shape index (κ2) is 9.49. The number of carbonyl (C=O) groups excluding carboxylic acids is 1. The predicted molar refractivity (Wildman–Crippen MR) is 108 cm³/mol. The van der Waals surface area contributed by atoms with Crippen LogP contribution in [0, 0.1) is 5.92 Å². The van der Waals surface area contributed by atoms with Crippen molar-refractivity contribution in [3.8, 4) is 0 Å². The molecule has 2 aromatic carbocycles. The standard InChI is InChI=1S/C21H24ClNO3S/c22-19-9-11-20(12-10-19)23-21(24)13-15-1-5-17(6-2-15)18-7-3-16(4-8-18)14-27(25)26/h3-4,7-12,15,17H,1-2,5-6,13-14H2,(H,23,24)(H,25,26)/p-1. The first-order valence-electron chi connectivity index (χ1n) is 9.19. The minimum Gasteiger partial charge on any atom is -0.772 e. The van der Waals surface area contributed by atoms with Crippen LogP contribution in [0.3, 0.4) is 0 Å². The number of amides is 1. The van der Waals surface area contributed by atoms with Gasteiger partial charge in [-0.15, -0.1) is 0 Å². The van der Waals surface area contributed by atoms with E-state index < -0.39 is 11.1 Å². The van der Waals surface area contributed by atoms with Gasteiger partial charge in [-0.25, -0.2) is 0 Å². The first-order chi connectivity index (χ1) is 13.0. The molecule has 0 spiro atoms. The largest absolute Gasteiger partial charge is 0.772 e. The number of halogens is 1. The predicted octanol–water partition coefficient (Wildman–Crippen LogP) is 5.02. The van der Waals surface area contributed by atoms with Crippen molar-refractivity contribution in [2.24, 2.45) is 5.92 Å². The highest BCUT2D eigenvalue weighted by Crippen LogP contribution is 2.37. The summed E-state index contributed by atoms with van der Waals surface area (Å²) in [7, 11) is 0. The molecule has 1 saturated carbocycles. The lowest BCUT2D eigenvalue weighted by atomic mass is 9.77. The van der Waals surface area contributed by atoms with Gasteiger partial charge in [-0.2, -0.15) is 0 Å². The second-order valence-electron chi connectivity index (χ2n) is 7.17. The number of anilines is 1. The summed E-state index contributed by atoms with van der Waals surface area (Å²) in [6, 6.07) is 15.0. The zero-order valence-corrected chi connectivity index (χ0v) is 16.6. The minimum atomic E-state index is -2.05. The zero-order valence-electron chi connectivity index (χ0n) is 15.0. The van der Waals surface area contributed by atoms with E-state index >= 15 is 0 Å². The van der Waals surface area contributed by atoms with Gasteiger partial charge in [0.15, 0.2) is 0 Å². The van der Waals surface area contributed by atoms with E-state index in [1.807, 2.05) is 36.4 Å². The molecule has 0 aromatic heterocycles. The highest BCUT2D eigenvalue weighted by Gasteiger charge is 2.24. The van der Waals surface area contributed by atoms with Gasteiger partial charge >= 0.3 is 0 Å². The van der Waals surface area contributed by atoms with Crippen LogP contribution in [0.15, 0.2) is 48.5 Å². The molecule has 6 heteroatoms. The number of carbonyl (C=O) groups is 1. The van der Waals surface area contributed by atoms with Gasteiger partial charge in [0, 0.05) is 22.9 Å². The summed E-state index contributed by atoms with van der Waals surface area (Å²) in [6.45, 7) is 0. The number of nitrogens with one attached hydrogen (secondary N) is 1. The van der Waals surface area contributed by atoms with Crippen LogP contribution in [0.4, 0.5) is 5.69 Å². The molecular weight excluding hydrogens is 382 g/mol. The fraction of sp³-hybridized carbons (Fsp3) is 0.381. The van der Waals surface area contributed by atoms with E-state index in [9.17, 15) is 13.6 Å². The Bertz CT molecular complexity index is 784. The lowest BCUT2D eigenvalue weighted by molar-refractivity contribution is -0.117. The van der Waals surface area contributed by atoms with Gasteiger partial charge in [0.05, 0.1) is 0 Å². The molecule has 0 radical (unpaired) electrons. The average Bonchev–Trinajstić information content (AvgIpc) is 2.64. The van der Waals surface area contributed by atoms with Gasteiger partial charge in [-0.05, 0) is 72.9 Å². The van der Waals surface area contributed by atoms with E-state index in [0.29, 0.717) is 23.3 Å². The summed E-state index contributed by atoms with van der Waals surface area (Å²) < 4.78 is 21.5. The van der Waals surface area contributed by atoms with E-state index in [2.05, 4.69) is 5.32 Å². The smallest absolute Gasteiger partial charge is 0.224 e. The van der Waals surface area contributed by atoms with Crippen molar-refractivity contribution < 1.29 is 13.6 Å². The highest BCUT2D eigenvalue weighted by atomic mass is 35.5. The zero-order chi connectivity index (χ0) is 19.2. The van der Waals surface area contributed by atoms with Crippen molar-refractivity contribution in [1.29, 1.82) is 0 Å². The molecule has 1 amide bonds. The van der Waals surface area contributed by atoms with Crippen molar-refractivity contribution in [2.45, 2.75) is 43.8 Å². The Kier molecular flexibility index (Phi) is 7.05. The molecule has 1 atom stereocenters. The van der Waals surface area contributed by atoms with Crippen LogP contribution >= 0.6 is 11.6 Å². The van der Waals surface area contributed by atoms with Crippen LogP contribution < -0.4 is 5.32 Å². The van der Waals surface area contributed by atoms with E-state index in [0.717, 1.165) is 36.9 Å². The van der Waals surface area contributed by atoms with Crippen LogP contribution in [0.25, 0.3) is 0 Å². The molecule has 1 aliphatic rings. The molecular formula is C21H23ClNO3S-. The van der Waals surface area contributed by atoms with Crippen molar-refractivity contribution >= 4 is 34.3 Å². The summed E-state index contributed by atoms with van der Waals surface area (Å²) in [6.07, 6.45) is 4.73. The van der Waals surface area contributed by atoms with Crippen LogP contribution in [-0.2, 0) is 21.6 Å². The first-order valence-corrected chi connectivity index (χ1v) is 10.8. The fourth-order valence-electron chi connectivity index (χ4n) is 3.73. The monoisotopic (exact) mass is 404 g/mol. The normalized spacial score (nSPS) is 20.8. The molecule has 0 heterocycles. The number of hydrogen-bond acceptors (Lipinski definition) is 3. The van der Waals surface area contributed by atoms with E-state index in [4.69, 9.17) is 11.6 Å². The number of benzene rings is 2. The quantitative estimate of drug-likeness (QED) is 0.687. The van der Waals surface area contributed by atoms with Gasteiger partial charge in [0.25, 0.3) is 0 Å². The Hall–Kier alpha value is -1.69. The average molecular weight is 405 g/mol. The maximum Gasteiger partial charge on any atom is 0.224 e. The minimum absolute atomic E-state index is 0.0516. The molecule has 3 rings (SSSR count). The third-order valence-corrected chi connectivity index (χ3v) is 6.01. The van der Waals surface area contributed by atoms with Gasteiger partial charge < -0.3 is 9.87 Å². The van der Waals surface area contributed by atoms with Crippen LogP contribution in [0.2, 0.25) is 5.02 Å². The molecule has 1 fully saturated rings. The maximum absolute atomic E-state index is 12.2.